The van der Waals surface area contributed by atoms with Gasteiger partial charge >= 0.3 is 6.18 Å². The van der Waals surface area contributed by atoms with Gasteiger partial charge in [0.15, 0.2) is 0 Å². The molecule has 0 aliphatic carbocycles. The topological polar surface area (TPSA) is 56.0 Å². The van der Waals surface area contributed by atoms with E-state index in [2.05, 4.69) is 4.98 Å². The van der Waals surface area contributed by atoms with Crippen molar-refractivity contribution in [2.75, 3.05) is 0 Å². The van der Waals surface area contributed by atoms with Crippen molar-refractivity contribution in [2.45, 2.75) is 45.3 Å². The van der Waals surface area contributed by atoms with E-state index in [1.165, 1.54) is 6.07 Å². The number of nitrogens with two attached hydrogens (primary N) is 1. The summed E-state index contributed by atoms with van der Waals surface area (Å²) in [6.45, 7) is 3.97. The molecule has 0 saturated heterocycles. The third kappa shape index (κ3) is 5.56. The summed E-state index contributed by atoms with van der Waals surface area (Å²) in [7, 11) is 0. The number of halogens is 4. The number of rotatable bonds is 7. The second kappa shape index (κ2) is 9.84. The fourth-order valence-corrected chi connectivity index (χ4v) is 3.81. The predicted molar refractivity (Wildman–Crippen MR) is 120 cm³/mol. The summed E-state index contributed by atoms with van der Waals surface area (Å²) < 4.78 is 39.8. The second-order valence-electron chi connectivity index (χ2n) is 7.81. The molecule has 0 aliphatic rings. The van der Waals surface area contributed by atoms with E-state index < -0.39 is 17.8 Å². The molecule has 7 heteroatoms. The molecule has 2 N–H and O–H groups in total. The number of benzene rings is 2. The third-order valence-electron chi connectivity index (χ3n) is 5.48. The first-order valence-electron chi connectivity index (χ1n) is 10.3. The van der Waals surface area contributed by atoms with Gasteiger partial charge in [-0.2, -0.15) is 13.2 Å². The standard InChI is InChI=1S/C25H24ClF3N2O/c1-15-4-3-5-19(12-15)24-17(9-11-23(31-24)25(27,28)29)8-10-22(32)16(2)18-6-7-20(14-30)21(26)13-18/h3-7,9,11-13,16H,8,10,14,30H2,1-2H3. The Kier molecular flexibility index (Phi) is 7.36. The Morgan fingerprint density at radius 3 is 2.44 bits per heavy atom. The summed E-state index contributed by atoms with van der Waals surface area (Å²) >= 11 is 6.21. The molecule has 3 aromatic rings. The molecule has 3 nitrogen and oxygen atoms in total. The summed E-state index contributed by atoms with van der Waals surface area (Å²) in [5, 5.41) is 0.512. The van der Waals surface area contributed by atoms with Crippen LogP contribution in [-0.4, -0.2) is 10.8 Å². The average molecular weight is 461 g/mol. The number of alkyl halides is 3. The van der Waals surface area contributed by atoms with Crippen LogP contribution in [0.2, 0.25) is 5.02 Å². The lowest BCUT2D eigenvalue weighted by Crippen LogP contribution is -2.13. The van der Waals surface area contributed by atoms with Gasteiger partial charge in [0.25, 0.3) is 0 Å². The predicted octanol–water partition coefficient (Wildman–Crippen LogP) is 6.49. The lowest BCUT2D eigenvalue weighted by Gasteiger charge is -2.15. The smallest absolute Gasteiger partial charge is 0.326 e. The number of hydrogen-bond acceptors (Lipinski definition) is 3. The second-order valence-corrected chi connectivity index (χ2v) is 8.22. The van der Waals surface area contributed by atoms with Crippen LogP contribution < -0.4 is 5.73 Å². The van der Waals surface area contributed by atoms with Gasteiger partial charge in [0.2, 0.25) is 0 Å². The largest absolute Gasteiger partial charge is 0.433 e. The Morgan fingerprint density at radius 1 is 1.09 bits per heavy atom. The highest BCUT2D eigenvalue weighted by atomic mass is 35.5. The summed E-state index contributed by atoms with van der Waals surface area (Å²) in [4.78, 5) is 16.7. The highest BCUT2D eigenvalue weighted by Crippen LogP contribution is 2.32. The lowest BCUT2D eigenvalue weighted by molar-refractivity contribution is -0.141. The minimum atomic E-state index is -4.55. The number of aromatic nitrogens is 1. The highest BCUT2D eigenvalue weighted by Gasteiger charge is 2.33. The van der Waals surface area contributed by atoms with E-state index >= 15 is 0 Å². The molecule has 0 spiro atoms. The van der Waals surface area contributed by atoms with Crippen molar-refractivity contribution in [1.82, 2.24) is 4.98 Å². The van der Waals surface area contributed by atoms with Crippen molar-refractivity contribution in [3.8, 4) is 11.3 Å². The Bertz CT molecular complexity index is 1130. The maximum absolute atomic E-state index is 13.3. The number of aryl methyl sites for hydroxylation is 2. The number of pyridine rings is 1. The summed E-state index contributed by atoms with van der Waals surface area (Å²) in [6.07, 6.45) is -4.09. The van der Waals surface area contributed by atoms with Crippen LogP contribution >= 0.6 is 11.6 Å². The van der Waals surface area contributed by atoms with E-state index in [0.29, 0.717) is 22.7 Å². The summed E-state index contributed by atoms with van der Waals surface area (Å²) in [6, 6.07) is 14.9. The van der Waals surface area contributed by atoms with E-state index in [0.717, 1.165) is 22.8 Å². The highest BCUT2D eigenvalue weighted by molar-refractivity contribution is 6.31. The fourth-order valence-electron chi connectivity index (χ4n) is 3.55. The van der Waals surface area contributed by atoms with Crippen LogP contribution in [0, 0.1) is 6.92 Å². The molecule has 1 unspecified atom stereocenters. The van der Waals surface area contributed by atoms with Crippen molar-refractivity contribution in [3.63, 3.8) is 0 Å². The van der Waals surface area contributed by atoms with Crippen molar-refractivity contribution in [2.24, 2.45) is 5.73 Å². The van der Waals surface area contributed by atoms with Crippen molar-refractivity contribution in [1.29, 1.82) is 0 Å². The number of nitrogens with zero attached hydrogens (tertiary/aromatic N) is 1. The van der Waals surface area contributed by atoms with Crippen molar-refractivity contribution < 1.29 is 18.0 Å². The van der Waals surface area contributed by atoms with Gasteiger partial charge in [0.1, 0.15) is 11.5 Å². The number of ketones is 1. The number of hydrogen-bond donors (Lipinski definition) is 1. The molecule has 0 aliphatic heterocycles. The zero-order chi connectivity index (χ0) is 23.5. The van der Waals surface area contributed by atoms with E-state index in [4.69, 9.17) is 17.3 Å². The minimum absolute atomic E-state index is 0.0309. The molecule has 1 atom stereocenters. The Hall–Kier alpha value is -2.70. The number of carbonyl (C=O) groups is 1. The molecular weight excluding hydrogens is 437 g/mol. The van der Waals surface area contributed by atoms with E-state index in [1.807, 2.05) is 19.1 Å². The van der Waals surface area contributed by atoms with E-state index in [1.54, 1.807) is 37.3 Å². The molecule has 0 radical (unpaired) electrons. The molecule has 168 valence electrons. The maximum Gasteiger partial charge on any atom is 0.433 e. The molecule has 0 saturated carbocycles. The molecule has 2 aromatic carbocycles. The zero-order valence-corrected chi connectivity index (χ0v) is 18.6. The van der Waals surface area contributed by atoms with Crippen LogP contribution in [0.1, 0.15) is 47.2 Å². The first kappa shape index (κ1) is 24.0. The monoisotopic (exact) mass is 460 g/mol. The molecule has 1 aromatic heterocycles. The van der Waals surface area contributed by atoms with Gasteiger partial charge in [-0.25, -0.2) is 4.98 Å². The maximum atomic E-state index is 13.3. The van der Waals surface area contributed by atoms with Gasteiger partial charge < -0.3 is 5.73 Å². The third-order valence-corrected chi connectivity index (χ3v) is 5.83. The summed E-state index contributed by atoms with van der Waals surface area (Å²) in [5.41, 5.74) is 8.61. The Labute approximate surface area is 190 Å². The lowest BCUT2D eigenvalue weighted by atomic mass is 9.91. The van der Waals surface area contributed by atoms with Crippen LogP contribution in [0.5, 0.6) is 0 Å². The van der Waals surface area contributed by atoms with E-state index in [-0.39, 0.29) is 24.3 Å². The normalized spacial score (nSPS) is 12.6. The SMILES string of the molecule is Cc1cccc(-c2nc(C(F)(F)F)ccc2CCC(=O)C(C)c2ccc(CN)c(Cl)c2)c1. The van der Waals surface area contributed by atoms with Gasteiger partial charge in [0, 0.05) is 29.5 Å². The molecule has 32 heavy (non-hydrogen) atoms. The van der Waals surface area contributed by atoms with Crippen molar-refractivity contribution >= 4 is 17.4 Å². The van der Waals surface area contributed by atoms with Gasteiger partial charge in [-0.3, -0.25) is 4.79 Å². The van der Waals surface area contributed by atoms with Crippen LogP contribution in [0.4, 0.5) is 13.2 Å². The quantitative estimate of drug-likeness (QED) is 0.438. The zero-order valence-electron chi connectivity index (χ0n) is 17.8. The molecular formula is C25H24ClF3N2O. The molecule has 0 amide bonds. The van der Waals surface area contributed by atoms with Crippen LogP contribution in [0.15, 0.2) is 54.6 Å². The van der Waals surface area contributed by atoms with Gasteiger partial charge in [-0.1, -0.05) is 60.5 Å². The summed E-state index contributed by atoms with van der Waals surface area (Å²) in [5.74, 6) is -0.430. The van der Waals surface area contributed by atoms with Crippen LogP contribution in [-0.2, 0) is 23.9 Å². The van der Waals surface area contributed by atoms with Gasteiger partial charge in [0.05, 0.1) is 5.69 Å². The van der Waals surface area contributed by atoms with Crippen LogP contribution in [0.3, 0.4) is 0 Å². The molecule has 0 bridgehead atoms. The molecule has 1 heterocycles. The molecule has 3 rings (SSSR count). The molecule has 0 fully saturated rings. The van der Waals surface area contributed by atoms with Crippen LogP contribution in [0.25, 0.3) is 11.3 Å². The Morgan fingerprint density at radius 2 is 1.81 bits per heavy atom. The van der Waals surface area contributed by atoms with Gasteiger partial charge in [-0.05, 0) is 48.2 Å². The first-order valence-corrected chi connectivity index (χ1v) is 10.6. The van der Waals surface area contributed by atoms with Crippen molar-refractivity contribution in [3.05, 3.63) is 87.6 Å². The fraction of sp³-hybridized carbons (Fsp3) is 0.280. The van der Waals surface area contributed by atoms with Gasteiger partial charge in [-0.15, -0.1) is 0 Å². The Balaban J connectivity index is 1.85. The number of Topliss-reactive ketones (excluding diaryl/α,β-unsaturated/α-hetero) is 1. The van der Waals surface area contributed by atoms with E-state index in [9.17, 15) is 18.0 Å². The average Bonchev–Trinajstić information content (AvgIpc) is 2.76. The number of carbonyl (C=O) groups excluding carboxylic acids is 1. The first-order chi connectivity index (χ1) is 15.1. The minimum Gasteiger partial charge on any atom is -0.326 e.